The van der Waals surface area contributed by atoms with Crippen LogP contribution < -0.4 is 14.8 Å². The summed E-state index contributed by atoms with van der Waals surface area (Å²) < 4.78 is 31.4. The van der Waals surface area contributed by atoms with Crippen molar-refractivity contribution in [3.05, 3.63) is 117 Å². The number of rotatable bonds is 6. The third-order valence-electron chi connectivity index (χ3n) is 9.61. The lowest BCUT2D eigenvalue weighted by Gasteiger charge is -2.26. The molecule has 2 aromatic heterocycles. The summed E-state index contributed by atoms with van der Waals surface area (Å²) >= 11 is 5.89. The number of anilines is 1. The second-order valence-corrected chi connectivity index (χ2v) is 13.9. The smallest absolute Gasteiger partial charge is 0.270 e. The number of halogens is 2. The Hall–Kier alpha value is -5.23. The summed E-state index contributed by atoms with van der Waals surface area (Å²) in [4.78, 5) is 21.1. The number of aromatic nitrogens is 4. The van der Waals surface area contributed by atoms with Gasteiger partial charge >= 0.3 is 0 Å². The van der Waals surface area contributed by atoms with E-state index in [2.05, 4.69) is 44.5 Å². The molecule has 3 N–H and O–H groups in total. The first-order chi connectivity index (χ1) is 25.7. The number of nitrogens with zero attached hydrogens (tertiary/aromatic N) is 3. The molecule has 0 aliphatic carbocycles. The predicted molar refractivity (Wildman–Crippen MR) is 206 cm³/mol. The van der Waals surface area contributed by atoms with E-state index in [-0.39, 0.29) is 0 Å². The fraction of sp³-hybridized carbons (Fsp3) is 0.293. The number of aromatic amines is 2. The molecule has 9 rings (SSSR count). The number of imidazole rings is 1. The van der Waals surface area contributed by atoms with Crippen LogP contribution >= 0.6 is 11.6 Å². The van der Waals surface area contributed by atoms with Gasteiger partial charge in [0.15, 0.2) is 11.5 Å². The van der Waals surface area contributed by atoms with Crippen molar-refractivity contribution in [1.29, 1.82) is 0 Å². The summed E-state index contributed by atoms with van der Waals surface area (Å²) in [5, 5.41) is 11.6. The van der Waals surface area contributed by atoms with Gasteiger partial charge < -0.3 is 24.5 Å². The number of hydrogen-bond donors (Lipinski definition) is 3. The maximum Gasteiger partial charge on any atom is 0.270 e. The van der Waals surface area contributed by atoms with Gasteiger partial charge in [-0.3, -0.25) is 14.8 Å². The Balaban J connectivity index is 0.000000197. The first-order valence-corrected chi connectivity index (χ1v) is 18.1. The Labute approximate surface area is 312 Å². The maximum atomic E-state index is 14.4. The highest BCUT2D eigenvalue weighted by Crippen LogP contribution is 2.46. The van der Waals surface area contributed by atoms with Crippen LogP contribution in [0.2, 0.25) is 5.02 Å². The molecular formula is C41H42ClFN6O4. The van der Waals surface area contributed by atoms with Crippen LogP contribution in [-0.4, -0.2) is 64.2 Å². The molecule has 12 heteroatoms. The molecule has 1 saturated heterocycles. The summed E-state index contributed by atoms with van der Waals surface area (Å²) in [7, 11) is 1.91. The fourth-order valence-corrected chi connectivity index (χ4v) is 6.68. The van der Waals surface area contributed by atoms with Crippen LogP contribution in [0, 0.1) is 19.7 Å². The van der Waals surface area contributed by atoms with Crippen molar-refractivity contribution < 1.29 is 23.4 Å². The quantitative estimate of drug-likeness (QED) is 0.145. The maximum absolute atomic E-state index is 14.4. The summed E-state index contributed by atoms with van der Waals surface area (Å²) in [5.41, 5.74) is 9.25. The summed E-state index contributed by atoms with van der Waals surface area (Å²) in [6, 6.07) is 20.2. The van der Waals surface area contributed by atoms with E-state index >= 15 is 0 Å². The van der Waals surface area contributed by atoms with Crippen molar-refractivity contribution in [3.63, 3.8) is 0 Å². The van der Waals surface area contributed by atoms with Gasteiger partial charge in [0.05, 0.1) is 34.8 Å². The molecule has 2 atom stereocenters. The van der Waals surface area contributed by atoms with Gasteiger partial charge in [-0.2, -0.15) is 5.10 Å². The Morgan fingerprint density at radius 3 is 2.62 bits per heavy atom. The summed E-state index contributed by atoms with van der Waals surface area (Å²) in [6.07, 6.45) is 4.94. The minimum absolute atomic E-state index is 0.327. The van der Waals surface area contributed by atoms with Gasteiger partial charge in [0, 0.05) is 59.7 Å². The number of benzene rings is 4. The van der Waals surface area contributed by atoms with Crippen LogP contribution in [0.5, 0.6) is 11.5 Å². The number of fused-ring (bicyclic) bond motifs is 3. The van der Waals surface area contributed by atoms with Gasteiger partial charge in [0.1, 0.15) is 17.9 Å². The fourth-order valence-electron chi connectivity index (χ4n) is 6.52. The number of carbonyl (C=O) groups is 1. The average molecular weight is 737 g/mol. The zero-order chi connectivity index (χ0) is 37.1. The molecule has 0 bridgehead atoms. The molecule has 1 unspecified atom stereocenters. The highest BCUT2D eigenvalue weighted by atomic mass is 35.5. The first-order valence-electron chi connectivity index (χ1n) is 17.7. The van der Waals surface area contributed by atoms with Gasteiger partial charge in [-0.25, -0.2) is 9.37 Å². The Bertz CT molecular complexity index is 2300. The van der Waals surface area contributed by atoms with E-state index in [1.165, 1.54) is 18.1 Å². The number of nitrogens with one attached hydrogen (secondary N) is 3. The Kier molecular flexibility index (Phi) is 10.8. The van der Waals surface area contributed by atoms with Crippen LogP contribution in [0.3, 0.4) is 0 Å². The van der Waals surface area contributed by atoms with Crippen molar-refractivity contribution in [2.24, 2.45) is 0 Å². The van der Waals surface area contributed by atoms with Gasteiger partial charge in [0.25, 0.3) is 6.29 Å². The molecule has 5 heterocycles. The molecule has 1 fully saturated rings. The second kappa shape index (κ2) is 15.8. The minimum Gasteiger partial charge on any atom is -0.447 e. The van der Waals surface area contributed by atoms with E-state index in [1.807, 2.05) is 63.4 Å². The zero-order valence-electron chi connectivity index (χ0n) is 30.1. The predicted octanol–water partition coefficient (Wildman–Crippen LogP) is 8.94. The van der Waals surface area contributed by atoms with E-state index in [1.54, 1.807) is 12.1 Å². The number of carbonyl (C=O) groups excluding carboxylic acids is 1. The van der Waals surface area contributed by atoms with Gasteiger partial charge in [-0.15, -0.1) is 0 Å². The Morgan fingerprint density at radius 2 is 1.92 bits per heavy atom. The van der Waals surface area contributed by atoms with Crippen LogP contribution in [0.4, 0.5) is 10.1 Å². The topological polar surface area (TPSA) is 117 Å². The van der Waals surface area contributed by atoms with Gasteiger partial charge in [-0.05, 0) is 99.3 Å². The minimum atomic E-state index is -0.833. The molecule has 3 aliphatic rings. The number of H-pyrrole nitrogens is 2. The van der Waals surface area contributed by atoms with E-state index in [9.17, 15) is 9.18 Å². The molecule has 4 aromatic carbocycles. The molecular weight excluding hydrogens is 695 g/mol. The van der Waals surface area contributed by atoms with E-state index in [4.69, 9.17) is 30.8 Å². The summed E-state index contributed by atoms with van der Waals surface area (Å²) in [5.74, 6) is 1.78. The number of aldehydes is 1. The second-order valence-electron chi connectivity index (χ2n) is 13.4. The van der Waals surface area contributed by atoms with E-state index < -0.39 is 12.1 Å². The third-order valence-corrected chi connectivity index (χ3v) is 9.85. The lowest BCUT2D eigenvalue weighted by Crippen LogP contribution is -2.28. The largest absolute Gasteiger partial charge is 0.447 e. The van der Waals surface area contributed by atoms with Crippen LogP contribution in [0.15, 0.2) is 72.8 Å². The van der Waals surface area contributed by atoms with Crippen molar-refractivity contribution in [3.8, 4) is 11.5 Å². The van der Waals surface area contributed by atoms with E-state index in [0.717, 1.165) is 89.2 Å². The van der Waals surface area contributed by atoms with Crippen molar-refractivity contribution in [2.75, 3.05) is 32.1 Å². The molecule has 0 radical (unpaired) electrons. The number of hydrogen-bond acceptors (Lipinski definition) is 8. The average Bonchev–Trinajstić information content (AvgIpc) is 3.87. The van der Waals surface area contributed by atoms with Crippen LogP contribution in [-0.2, 0) is 11.3 Å². The number of para-hydroxylation sites is 1. The normalized spacial score (nSPS) is 17.7. The number of aryl methyl sites for hydroxylation is 2. The van der Waals surface area contributed by atoms with Gasteiger partial charge in [0.2, 0.25) is 0 Å². The Morgan fingerprint density at radius 1 is 1.09 bits per heavy atom. The highest BCUT2D eigenvalue weighted by Gasteiger charge is 2.31. The van der Waals surface area contributed by atoms with Crippen molar-refractivity contribution >= 4 is 51.1 Å². The highest BCUT2D eigenvalue weighted by molar-refractivity contribution is 6.30. The first kappa shape index (κ1) is 36.1. The zero-order valence-corrected chi connectivity index (χ0v) is 30.9. The SMILES string of the molecule is CNc1ccc2nc(CN3CC=C(c4cccc5c4OC(c4ccc(Cl)cc4F)O5)CC3)[nH]c2c1.C[C@@H]1CCO1.Cc1[nH]nc2c(C)cc(C=O)cc12. The van der Waals surface area contributed by atoms with Crippen LogP contribution in [0.25, 0.3) is 27.5 Å². The lowest BCUT2D eigenvalue weighted by atomic mass is 9.98. The molecule has 6 aromatic rings. The molecule has 274 valence electrons. The standard InChI is InChI=1S/C27H24ClFN4O2.C10H10N2O.C4H8O/c1-30-18-6-8-22-23(14-18)32-25(31-22)15-33-11-9-16(10-12-33)19-3-2-4-24-26(19)35-27(34-24)20-7-5-17(28)13-21(20)29;1-6-3-8(5-13)4-9-7(2)11-12-10(6)9;1-4-2-3-5-4/h2-9,13-14,27,30H,10-12,15H2,1H3,(H,31,32);3-5H,1-2H3,(H,11,12);4H,2-3H2,1H3/t;;4-/m..1/s1. The molecule has 53 heavy (non-hydrogen) atoms. The molecule has 0 spiro atoms. The number of ether oxygens (including phenoxy) is 3. The third kappa shape index (κ3) is 8.07. The van der Waals surface area contributed by atoms with E-state index in [0.29, 0.717) is 33.8 Å². The van der Waals surface area contributed by atoms with Crippen molar-refractivity contribution in [1.82, 2.24) is 25.1 Å². The molecule has 0 amide bonds. The molecule has 3 aliphatic heterocycles. The summed E-state index contributed by atoms with van der Waals surface area (Å²) in [6.45, 7) is 9.42. The molecule has 0 saturated carbocycles. The van der Waals surface area contributed by atoms with Crippen molar-refractivity contribution in [2.45, 2.75) is 52.6 Å². The molecule has 10 nitrogen and oxygen atoms in total. The van der Waals surface area contributed by atoms with Crippen LogP contribution in [0.1, 0.15) is 64.6 Å². The lowest BCUT2D eigenvalue weighted by molar-refractivity contribution is -0.0375. The monoisotopic (exact) mass is 736 g/mol. The van der Waals surface area contributed by atoms with Gasteiger partial charge in [-0.1, -0.05) is 29.8 Å².